The van der Waals surface area contributed by atoms with E-state index in [-0.39, 0.29) is 11.9 Å². The lowest BCUT2D eigenvalue weighted by Gasteiger charge is -2.14. The van der Waals surface area contributed by atoms with E-state index in [9.17, 15) is 4.79 Å². The predicted molar refractivity (Wildman–Crippen MR) is 106 cm³/mol. The number of aromatic nitrogens is 3. The summed E-state index contributed by atoms with van der Waals surface area (Å²) in [6.45, 7) is 1.96. The molecule has 1 amide bonds. The maximum atomic E-state index is 12.6. The lowest BCUT2D eigenvalue weighted by Crippen LogP contribution is -2.26. The summed E-state index contributed by atoms with van der Waals surface area (Å²) in [5.41, 5.74) is 3.11. The summed E-state index contributed by atoms with van der Waals surface area (Å²) in [6.07, 6.45) is 1.81. The Bertz CT molecular complexity index is 1090. The third-order valence-corrected chi connectivity index (χ3v) is 4.67. The molecule has 0 fully saturated rings. The van der Waals surface area contributed by atoms with Crippen LogP contribution in [0.25, 0.3) is 17.0 Å². The summed E-state index contributed by atoms with van der Waals surface area (Å²) in [5.74, 6) is 0.552. The van der Waals surface area contributed by atoms with Gasteiger partial charge in [-0.3, -0.25) is 9.20 Å². The van der Waals surface area contributed by atoms with Crippen LogP contribution in [0.2, 0.25) is 5.02 Å². The topological polar surface area (TPSA) is 59.3 Å². The molecule has 0 spiro atoms. The van der Waals surface area contributed by atoms with Crippen LogP contribution < -0.4 is 5.32 Å². The summed E-state index contributed by atoms with van der Waals surface area (Å²) in [6, 6.07) is 20.7. The Morgan fingerprint density at radius 2 is 1.78 bits per heavy atom. The van der Waals surface area contributed by atoms with Crippen LogP contribution in [0.5, 0.6) is 0 Å². The molecular weight excluding hydrogens is 360 g/mol. The minimum atomic E-state index is -0.148. The second kappa shape index (κ2) is 7.21. The highest BCUT2D eigenvalue weighted by molar-refractivity contribution is 6.30. The zero-order valence-electron chi connectivity index (χ0n) is 14.6. The van der Waals surface area contributed by atoms with Crippen molar-refractivity contribution in [3.63, 3.8) is 0 Å². The molecule has 5 nitrogen and oxygen atoms in total. The van der Waals surface area contributed by atoms with Gasteiger partial charge in [0.1, 0.15) is 0 Å². The summed E-state index contributed by atoms with van der Waals surface area (Å²) in [7, 11) is 0. The molecule has 0 saturated heterocycles. The normalized spacial score (nSPS) is 12.1. The maximum absolute atomic E-state index is 12.6. The van der Waals surface area contributed by atoms with Gasteiger partial charge in [0.15, 0.2) is 11.5 Å². The third-order valence-electron chi connectivity index (χ3n) is 4.42. The summed E-state index contributed by atoms with van der Waals surface area (Å²) in [4.78, 5) is 12.6. The fourth-order valence-corrected chi connectivity index (χ4v) is 3.06. The van der Waals surface area contributed by atoms with Gasteiger partial charge in [0.2, 0.25) is 0 Å². The van der Waals surface area contributed by atoms with Crippen molar-refractivity contribution in [2.24, 2.45) is 0 Å². The van der Waals surface area contributed by atoms with E-state index >= 15 is 0 Å². The zero-order chi connectivity index (χ0) is 18.8. The molecule has 134 valence electrons. The number of hydrogen-bond acceptors (Lipinski definition) is 3. The van der Waals surface area contributed by atoms with E-state index in [1.54, 1.807) is 18.3 Å². The highest BCUT2D eigenvalue weighted by Gasteiger charge is 2.14. The zero-order valence-corrected chi connectivity index (χ0v) is 15.4. The minimum Gasteiger partial charge on any atom is -0.346 e. The molecule has 27 heavy (non-hydrogen) atoms. The molecule has 0 saturated carbocycles. The number of halogens is 1. The molecule has 0 bridgehead atoms. The third kappa shape index (κ3) is 3.55. The Hall–Kier alpha value is -3.18. The smallest absolute Gasteiger partial charge is 0.251 e. The summed E-state index contributed by atoms with van der Waals surface area (Å²) < 4.78 is 1.85. The minimum absolute atomic E-state index is 0.0857. The molecule has 0 aliphatic heterocycles. The number of fused-ring (bicyclic) bond motifs is 1. The monoisotopic (exact) mass is 376 g/mol. The predicted octanol–water partition coefficient (Wildman–Crippen LogP) is 4.54. The van der Waals surface area contributed by atoms with Crippen LogP contribution in [-0.4, -0.2) is 20.5 Å². The van der Waals surface area contributed by atoms with Gasteiger partial charge in [0.05, 0.1) is 6.04 Å². The molecule has 6 heteroatoms. The van der Waals surface area contributed by atoms with E-state index < -0.39 is 0 Å². The molecule has 2 aromatic heterocycles. The summed E-state index contributed by atoms with van der Waals surface area (Å²) in [5, 5.41) is 12.1. The standard InChI is InChI=1S/C21H17ClN4O/c1-14(15-5-3-2-4-6-15)23-21(27)17-11-12-26-19(13-17)24-25-20(26)16-7-9-18(22)10-8-16/h2-14H,1H3,(H,23,27)/t14-/m1/s1. The van der Waals surface area contributed by atoms with Gasteiger partial charge in [-0.05, 0) is 48.9 Å². The lowest BCUT2D eigenvalue weighted by molar-refractivity contribution is 0.0940. The van der Waals surface area contributed by atoms with Crippen molar-refractivity contribution in [2.75, 3.05) is 0 Å². The molecule has 1 atom stereocenters. The average Bonchev–Trinajstić information content (AvgIpc) is 3.12. The Morgan fingerprint density at radius 3 is 2.52 bits per heavy atom. The SMILES string of the molecule is C[C@@H](NC(=O)c1ccn2c(-c3ccc(Cl)cc3)nnc2c1)c1ccccc1. The molecule has 2 aromatic carbocycles. The number of nitrogens with zero attached hydrogens (tertiary/aromatic N) is 3. The van der Waals surface area contributed by atoms with Crippen molar-refractivity contribution in [2.45, 2.75) is 13.0 Å². The molecule has 0 aliphatic carbocycles. The second-order valence-electron chi connectivity index (χ2n) is 6.28. The van der Waals surface area contributed by atoms with E-state index in [4.69, 9.17) is 11.6 Å². The van der Waals surface area contributed by atoms with Gasteiger partial charge in [-0.1, -0.05) is 41.9 Å². The Morgan fingerprint density at radius 1 is 1.04 bits per heavy atom. The van der Waals surface area contributed by atoms with Gasteiger partial charge >= 0.3 is 0 Å². The number of hydrogen-bond donors (Lipinski definition) is 1. The van der Waals surface area contributed by atoms with Crippen molar-refractivity contribution < 1.29 is 4.79 Å². The Kier molecular flexibility index (Phi) is 4.60. The molecule has 2 heterocycles. The first-order valence-corrected chi connectivity index (χ1v) is 8.96. The molecular formula is C21H17ClN4O. The van der Waals surface area contributed by atoms with Crippen LogP contribution >= 0.6 is 11.6 Å². The number of nitrogens with one attached hydrogen (secondary N) is 1. The highest BCUT2D eigenvalue weighted by Crippen LogP contribution is 2.21. The van der Waals surface area contributed by atoms with Crippen molar-refractivity contribution >= 4 is 23.2 Å². The number of carbonyl (C=O) groups is 1. The van der Waals surface area contributed by atoms with E-state index in [0.717, 1.165) is 11.1 Å². The number of carbonyl (C=O) groups excluding carboxylic acids is 1. The fraction of sp³-hybridized carbons (Fsp3) is 0.0952. The van der Waals surface area contributed by atoms with Crippen LogP contribution in [0, 0.1) is 0 Å². The van der Waals surface area contributed by atoms with Crippen LogP contribution in [-0.2, 0) is 0 Å². The maximum Gasteiger partial charge on any atom is 0.251 e. The molecule has 0 unspecified atom stereocenters. The van der Waals surface area contributed by atoms with Gasteiger partial charge in [0.25, 0.3) is 5.91 Å². The number of rotatable bonds is 4. The van der Waals surface area contributed by atoms with E-state index in [1.165, 1.54) is 0 Å². The van der Waals surface area contributed by atoms with Gasteiger partial charge in [0, 0.05) is 22.3 Å². The average molecular weight is 377 g/mol. The van der Waals surface area contributed by atoms with Crippen molar-refractivity contribution in [3.05, 3.63) is 89.1 Å². The molecule has 0 aliphatic rings. The van der Waals surface area contributed by atoms with Gasteiger partial charge in [-0.25, -0.2) is 0 Å². The molecule has 4 aromatic rings. The van der Waals surface area contributed by atoms with Crippen LogP contribution in [0.15, 0.2) is 72.9 Å². The molecule has 4 rings (SSSR count). The van der Waals surface area contributed by atoms with Crippen molar-refractivity contribution in [1.82, 2.24) is 19.9 Å². The van der Waals surface area contributed by atoms with E-state index in [1.807, 2.05) is 65.9 Å². The number of benzene rings is 2. The van der Waals surface area contributed by atoms with Crippen molar-refractivity contribution in [1.29, 1.82) is 0 Å². The molecule has 0 radical (unpaired) electrons. The van der Waals surface area contributed by atoms with Gasteiger partial charge in [-0.2, -0.15) is 0 Å². The van der Waals surface area contributed by atoms with Crippen LogP contribution in [0.4, 0.5) is 0 Å². The quantitative estimate of drug-likeness (QED) is 0.568. The Labute approximate surface area is 161 Å². The first-order valence-electron chi connectivity index (χ1n) is 8.58. The molecule has 1 N–H and O–H groups in total. The summed E-state index contributed by atoms with van der Waals surface area (Å²) >= 11 is 5.95. The van der Waals surface area contributed by atoms with Crippen LogP contribution in [0.3, 0.4) is 0 Å². The van der Waals surface area contributed by atoms with Crippen molar-refractivity contribution in [3.8, 4) is 11.4 Å². The first kappa shape index (κ1) is 17.2. The number of pyridine rings is 1. The highest BCUT2D eigenvalue weighted by atomic mass is 35.5. The fourth-order valence-electron chi connectivity index (χ4n) is 2.93. The largest absolute Gasteiger partial charge is 0.346 e. The Balaban J connectivity index is 1.59. The van der Waals surface area contributed by atoms with E-state index in [2.05, 4.69) is 15.5 Å². The van der Waals surface area contributed by atoms with Gasteiger partial charge in [-0.15, -0.1) is 10.2 Å². The van der Waals surface area contributed by atoms with E-state index in [0.29, 0.717) is 22.1 Å². The van der Waals surface area contributed by atoms with Gasteiger partial charge < -0.3 is 5.32 Å². The number of amides is 1. The second-order valence-corrected chi connectivity index (χ2v) is 6.72. The lowest BCUT2D eigenvalue weighted by atomic mass is 10.1. The first-order chi connectivity index (χ1) is 13.1. The van der Waals surface area contributed by atoms with Crippen LogP contribution in [0.1, 0.15) is 28.9 Å².